The molecule has 0 aliphatic carbocycles. The van der Waals surface area contributed by atoms with Gasteiger partial charge in [0.05, 0.1) is 30.1 Å². The van der Waals surface area contributed by atoms with E-state index in [4.69, 9.17) is 4.74 Å². The number of Topliss-reactive ketones (excluding diaryl/α,β-unsaturated/α-hetero) is 1. The molecule has 6 nitrogen and oxygen atoms in total. The van der Waals surface area contributed by atoms with Crippen LogP contribution in [-0.2, 0) is 4.74 Å². The first-order chi connectivity index (χ1) is 13.2. The Morgan fingerprint density at radius 1 is 1.07 bits per heavy atom. The van der Waals surface area contributed by atoms with Gasteiger partial charge < -0.3 is 14.0 Å². The van der Waals surface area contributed by atoms with Gasteiger partial charge in [-0.3, -0.25) is 9.20 Å². The van der Waals surface area contributed by atoms with Crippen LogP contribution in [0.1, 0.15) is 17.4 Å². The highest BCUT2D eigenvalue weighted by Gasteiger charge is 2.18. The molecule has 0 saturated carbocycles. The normalized spacial score (nSPS) is 14.9. The van der Waals surface area contributed by atoms with Gasteiger partial charge in [0.15, 0.2) is 5.78 Å². The Morgan fingerprint density at radius 3 is 2.74 bits per heavy atom. The molecule has 136 valence electrons. The molecule has 5 heterocycles. The molecule has 0 radical (unpaired) electrons. The third-order valence-corrected chi connectivity index (χ3v) is 5.20. The number of carbonyl (C=O) groups is 1. The van der Waals surface area contributed by atoms with Crippen molar-refractivity contribution in [2.24, 2.45) is 0 Å². The summed E-state index contributed by atoms with van der Waals surface area (Å²) in [4.78, 5) is 18.9. The van der Waals surface area contributed by atoms with Crippen molar-refractivity contribution in [3.8, 4) is 11.3 Å². The molecule has 0 amide bonds. The van der Waals surface area contributed by atoms with Gasteiger partial charge in [0.1, 0.15) is 5.65 Å². The van der Waals surface area contributed by atoms with Crippen LogP contribution in [0.15, 0.2) is 55.0 Å². The van der Waals surface area contributed by atoms with E-state index in [1.54, 1.807) is 13.1 Å². The van der Waals surface area contributed by atoms with Crippen molar-refractivity contribution in [2.45, 2.75) is 6.92 Å². The number of aromatic nitrogens is 3. The maximum atomic E-state index is 12.2. The van der Waals surface area contributed by atoms with E-state index in [1.165, 1.54) is 0 Å². The summed E-state index contributed by atoms with van der Waals surface area (Å²) >= 11 is 0. The molecule has 4 aromatic rings. The van der Waals surface area contributed by atoms with Gasteiger partial charge in [-0.25, -0.2) is 4.98 Å². The number of pyridine rings is 2. The van der Waals surface area contributed by atoms with Crippen LogP contribution < -0.4 is 4.90 Å². The molecule has 0 bridgehead atoms. The number of imidazole rings is 1. The monoisotopic (exact) mass is 360 g/mol. The first-order valence-corrected chi connectivity index (χ1v) is 9.13. The van der Waals surface area contributed by atoms with Crippen LogP contribution >= 0.6 is 0 Å². The SMILES string of the molecule is CC(=O)c1cc(-c2cccc3nccn23)c2cc(N3CCOCC3)ccn12. The zero-order valence-electron chi connectivity index (χ0n) is 15.1. The maximum absolute atomic E-state index is 12.2. The fourth-order valence-corrected chi connectivity index (χ4v) is 3.85. The number of ketones is 1. The summed E-state index contributed by atoms with van der Waals surface area (Å²) in [5.74, 6) is 0.0492. The molecule has 27 heavy (non-hydrogen) atoms. The molecule has 0 unspecified atom stereocenters. The predicted molar refractivity (Wildman–Crippen MR) is 105 cm³/mol. The Morgan fingerprint density at radius 2 is 1.93 bits per heavy atom. The number of hydrogen-bond acceptors (Lipinski definition) is 4. The zero-order valence-corrected chi connectivity index (χ0v) is 15.1. The van der Waals surface area contributed by atoms with Crippen molar-refractivity contribution in [1.29, 1.82) is 0 Å². The van der Waals surface area contributed by atoms with Crippen LogP contribution in [0.2, 0.25) is 0 Å². The highest BCUT2D eigenvalue weighted by molar-refractivity contribution is 5.98. The van der Waals surface area contributed by atoms with Crippen molar-refractivity contribution >= 4 is 22.6 Å². The van der Waals surface area contributed by atoms with Crippen molar-refractivity contribution in [1.82, 2.24) is 13.8 Å². The summed E-state index contributed by atoms with van der Waals surface area (Å²) in [5, 5.41) is 0. The molecule has 0 N–H and O–H groups in total. The molecule has 0 spiro atoms. The molecule has 0 atom stereocenters. The second kappa shape index (κ2) is 6.25. The molecule has 5 rings (SSSR count). The molecule has 1 aliphatic heterocycles. The smallest absolute Gasteiger partial charge is 0.176 e. The number of rotatable bonds is 3. The minimum Gasteiger partial charge on any atom is -0.378 e. The third kappa shape index (κ3) is 2.61. The zero-order chi connectivity index (χ0) is 18.4. The van der Waals surface area contributed by atoms with E-state index < -0.39 is 0 Å². The average molecular weight is 360 g/mol. The van der Waals surface area contributed by atoms with Gasteiger partial charge in [-0.1, -0.05) is 6.07 Å². The number of hydrogen-bond donors (Lipinski definition) is 0. The second-order valence-corrected chi connectivity index (χ2v) is 6.81. The van der Waals surface area contributed by atoms with Gasteiger partial charge in [-0.15, -0.1) is 0 Å². The summed E-state index contributed by atoms with van der Waals surface area (Å²) in [6.07, 6.45) is 5.74. The van der Waals surface area contributed by atoms with Crippen LogP contribution in [0.4, 0.5) is 5.69 Å². The number of ether oxygens (including phenoxy) is 1. The molecule has 1 aliphatic rings. The lowest BCUT2D eigenvalue weighted by Gasteiger charge is -2.29. The van der Waals surface area contributed by atoms with E-state index in [9.17, 15) is 4.79 Å². The summed E-state index contributed by atoms with van der Waals surface area (Å²) in [6, 6.07) is 12.3. The minimum atomic E-state index is 0.0492. The highest BCUT2D eigenvalue weighted by atomic mass is 16.5. The number of carbonyl (C=O) groups excluding carboxylic acids is 1. The number of morpholine rings is 1. The van der Waals surface area contributed by atoms with Crippen molar-refractivity contribution in [2.75, 3.05) is 31.2 Å². The average Bonchev–Trinajstić information content (AvgIpc) is 3.33. The van der Waals surface area contributed by atoms with Gasteiger partial charge in [-0.05, 0) is 30.3 Å². The molecule has 0 aromatic carbocycles. The van der Waals surface area contributed by atoms with Crippen LogP contribution in [0, 0.1) is 0 Å². The first-order valence-electron chi connectivity index (χ1n) is 9.13. The summed E-state index contributed by atoms with van der Waals surface area (Å²) in [5.41, 5.74) is 5.79. The van der Waals surface area contributed by atoms with E-state index in [-0.39, 0.29) is 5.78 Å². The molecule has 6 heteroatoms. The lowest BCUT2D eigenvalue weighted by atomic mass is 10.1. The van der Waals surface area contributed by atoms with Gasteiger partial charge in [0.2, 0.25) is 0 Å². The van der Waals surface area contributed by atoms with Gasteiger partial charge >= 0.3 is 0 Å². The molecule has 4 aromatic heterocycles. The van der Waals surface area contributed by atoms with Crippen molar-refractivity contribution in [3.05, 3.63) is 60.7 Å². The minimum absolute atomic E-state index is 0.0492. The lowest BCUT2D eigenvalue weighted by molar-refractivity contribution is 0.101. The van der Waals surface area contributed by atoms with Crippen LogP contribution in [-0.4, -0.2) is 45.9 Å². The number of nitrogens with zero attached hydrogens (tertiary/aromatic N) is 4. The third-order valence-electron chi connectivity index (χ3n) is 5.20. The van der Waals surface area contributed by atoms with E-state index in [0.717, 1.165) is 54.4 Å². The summed E-state index contributed by atoms with van der Waals surface area (Å²) in [6.45, 7) is 4.85. The maximum Gasteiger partial charge on any atom is 0.176 e. The van der Waals surface area contributed by atoms with Gasteiger partial charge in [-0.2, -0.15) is 0 Å². The topological polar surface area (TPSA) is 51.2 Å². The van der Waals surface area contributed by atoms with Crippen molar-refractivity contribution < 1.29 is 9.53 Å². The van der Waals surface area contributed by atoms with Crippen molar-refractivity contribution in [3.63, 3.8) is 0 Å². The molecular formula is C21H20N4O2. The van der Waals surface area contributed by atoms with E-state index in [0.29, 0.717) is 5.69 Å². The fourth-order valence-electron chi connectivity index (χ4n) is 3.85. The Bertz CT molecular complexity index is 1150. The Balaban J connectivity index is 1.75. The predicted octanol–water partition coefficient (Wildman–Crippen LogP) is 3.29. The Kier molecular flexibility index (Phi) is 3.72. The molecular weight excluding hydrogens is 340 g/mol. The van der Waals surface area contributed by atoms with E-state index >= 15 is 0 Å². The Hall–Kier alpha value is -3.12. The van der Waals surface area contributed by atoms with E-state index in [2.05, 4.69) is 32.5 Å². The second-order valence-electron chi connectivity index (χ2n) is 6.81. The lowest BCUT2D eigenvalue weighted by Crippen LogP contribution is -2.36. The van der Waals surface area contributed by atoms with Gasteiger partial charge in [0.25, 0.3) is 0 Å². The van der Waals surface area contributed by atoms with Crippen LogP contribution in [0.3, 0.4) is 0 Å². The van der Waals surface area contributed by atoms with Crippen LogP contribution in [0.5, 0.6) is 0 Å². The summed E-state index contributed by atoms with van der Waals surface area (Å²) in [7, 11) is 0. The quantitative estimate of drug-likeness (QED) is 0.526. The van der Waals surface area contributed by atoms with Gasteiger partial charge in [0, 0.05) is 49.9 Å². The largest absolute Gasteiger partial charge is 0.378 e. The summed E-state index contributed by atoms with van der Waals surface area (Å²) < 4.78 is 9.51. The number of anilines is 1. The first kappa shape index (κ1) is 16.1. The van der Waals surface area contributed by atoms with Crippen LogP contribution in [0.25, 0.3) is 22.4 Å². The van der Waals surface area contributed by atoms with E-state index in [1.807, 2.05) is 35.0 Å². The number of fused-ring (bicyclic) bond motifs is 2. The Labute approximate surface area is 156 Å². The fraction of sp³-hybridized carbons (Fsp3) is 0.238. The molecule has 1 saturated heterocycles. The molecule has 1 fully saturated rings. The standard InChI is InChI=1S/C21H20N4O2/c1-15(26)19-14-17(18-3-2-4-21-22-6-8-25(18)21)20-13-16(5-7-24(19)20)23-9-11-27-12-10-23/h2-8,13-14H,9-12H2,1H3. The highest BCUT2D eigenvalue weighted by Crippen LogP contribution is 2.31.